The highest BCUT2D eigenvalue weighted by Crippen LogP contribution is 2.39. The maximum absolute atomic E-state index is 9.39. The van der Waals surface area contributed by atoms with Crippen LogP contribution >= 0.6 is 22.7 Å². The van der Waals surface area contributed by atoms with Gasteiger partial charge in [-0.15, -0.1) is 22.7 Å². The summed E-state index contributed by atoms with van der Waals surface area (Å²) >= 11 is 3.26. The lowest BCUT2D eigenvalue weighted by atomic mass is 10.1. The first-order valence-corrected chi connectivity index (χ1v) is 9.72. The molecule has 0 atom stereocenters. The number of hydrazone groups is 1. The molecule has 7 heteroatoms. The number of anilines is 1. The van der Waals surface area contributed by atoms with Gasteiger partial charge in [-0.2, -0.15) is 5.10 Å². The van der Waals surface area contributed by atoms with Crippen molar-refractivity contribution in [2.45, 2.75) is 13.5 Å². The minimum atomic E-state index is 0.0296. The van der Waals surface area contributed by atoms with Crippen LogP contribution in [0, 0.1) is 6.92 Å². The molecule has 26 heavy (non-hydrogen) atoms. The van der Waals surface area contributed by atoms with Gasteiger partial charge in [0.2, 0.25) is 0 Å². The molecule has 0 aliphatic carbocycles. The number of thiophene rings is 2. The van der Waals surface area contributed by atoms with Crippen LogP contribution in [0.4, 0.5) is 5.82 Å². The Balaban J connectivity index is 1.72. The van der Waals surface area contributed by atoms with Crippen molar-refractivity contribution in [2.24, 2.45) is 5.10 Å². The van der Waals surface area contributed by atoms with Crippen LogP contribution in [0.3, 0.4) is 0 Å². The van der Waals surface area contributed by atoms with Gasteiger partial charge < -0.3 is 5.11 Å². The number of hydrogen-bond donors (Lipinski definition) is 2. The van der Waals surface area contributed by atoms with Crippen LogP contribution in [0.15, 0.2) is 53.2 Å². The van der Waals surface area contributed by atoms with Crippen LogP contribution < -0.4 is 5.43 Å². The Bertz CT molecular complexity index is 1070. The Morgan fingerprint density at radius 3 is 2.96 bits per heavy atom. The normalized spacial score (nSPS) is 11.5. The van der Waals surface area contributed by atoms with Crippen LogP contribution in [-0.2, 0) is 6.61 Å². The SMILES string of the molecule is Cc1c(-c2cccc(CO)c2)sc2c(NN=Cc3cccs3)ncnc12. The van der Waals surface area contributed by atoms with E-state index in [1.54, 1.807) is 35.2 Å². The van der Waals surface area contributed by atoms with Crippen molar-refractivity contribution >= 4 is 44.9 Å². The average Bonchev–Trinajstić information content (AvgIpc) is 3.31. The molecule has 4 rings (SSSR count). The lowest BCUT2D eigenvalue weighted by molar-refractivity contribution is 0.282. The van der Waals surface area contributed by atoms with Gasteiger partial charge in [-0.1, -0.05) is 24.3 Å². The maximum Gasteiger partial charge on any atom is 0.167 e. The number of aromatic nitrogens is 2. The van der Waals surface area contributed by atoms with Crippen LogP contribution in [0.25, 0.3) is 20.7 Å². The number of fused-ring (bicyclic) bond motifs is 1. The predicted octanol–water partition coefficient (Wildman–Crippen LogP) is 4.67. The Labute approximate surface area is 158 Å². The second-order valence-electron chi connectivity index (χ2n) is 5.70. The smallest absolute Gasteiger partial charge is 0.167 e. The van der Waals surface area contributed by atoms with E-state index in [1.807, 2.05) is 41.8 Å². The molecule has 130 valence electrons. The predicted molar refractivity (Wildman–Crippen MR) is 109 cm³/mol. The third-order valence-electron chi connectivity index (χ3n) is 3.98. The van der Waals surface area contributed by atoms with Gasteiger partial charge in [0.25, 0.3) is 0 Å². The Morgan fingerprint density at radius 1 is 1.23 bits per heavy atom. The molecule has 0 saturated heterocycles. The summed E-state index contributed by atoms with van der Waals surface area (Å²) in [6, 6.07) is 11.9. The molecular weight excluding hydrogens is 364 g/mol. The van der Waals surface area contributed by atoms with Gasteiger partial charge in [-0.3, -0.25) is 5.43 Å². The molecule has 0 unspecified atom stereocenters. The van der Waals surface area contributed by atoms with Crippen molar-refractivity contribution in [1.82, 2.24) is 9.97 Å². The molecular formula is C19H16N4OS2. The van der Waals surface area contributed by atoms with Crippen molar-refractivity contribution < 1.29 is 5.11 Å². The summed E-state index contributed by atoms with van der Waals surface area (Å²) in [6.07, 6.45) is 3.34. The third-order valence-corrected chi connectivity index (χ3v) is 6.12. The molecule has 4 aromatic rings. The van der Waals surface area contributed by atoms with Gasteiger partial charge in [0.05, 0.1) is 23.0 Å². The Morgan fingerprint density at radius 2 is 2.15 bits per heavy atom. The highest BCUT2D eigenvalue weighted by molar-refractivity contribution is 7.23. The molecule has 0 aliphatic rings. The minimum absolute atomic E-state index is 0.0296. The lowest BCUT2D eigenvalue weighted by Gasteiger charge is -2.02. The molecule has 0 radical (unpaired) electrons. The summed E-state index contributed by atoms with van der Waals surface area (Å²) in [4.78, 5) is 11.0. The lowest BCUT2D eigenvalue weighted by Crippen LogP contribution is -1.93. The fourth-order valence-electron chi connectivity index (χ4n) is 2.71. The molecule has 0 bridgehead atoms. The first kappa shape index (κ1) is 16.8. The number of nitrogens with one attached hydrogen (secondary N) is 1. The largest absolute Gasteiger partial charge is 0.392 e. The number of nitrogens with zero attached hydrogens (tertiary/aromatic N) is 3. The molecule has 0 amide bonds. The number of rotatable bonds is 5. The summed E-state index contributed by atoms with van der Waals surface area (Å²) in [5.74, 6) is 0.695. The zero-order valence-corrected chi connectivity index (χ0v) is 15.6. The summed E-state index contributed by atoms with van der Waals surface area (Å²) in [7, 11) is 0. The van der Waals surface area contributed by atoms with Crippen molar-refractivity contribution in [3.8, 4) is 10.4 Å². The van der Waals surface area contributed by atoms with Crippen molar-refractivity contribution in [2.75, 3.05) is 5.43 Å². The topological polar surface area (TPSA) is 70.4 Å². The second-order valence-corrected chi connectivity index (χ2v) is 7.70. The van der Waals surface area contributed by atoms with E-state index in [4.69, 9.17) is 0 Å². The molecule has 2 N–H and O–H groups in total. The van der Waals surface area contributed by atoms with Gasteiger partial charge in [0.1, 0.15) is 6.33 Å². The first-order valence-electron chi connectivity index (χ1n) is 8.03. The quantitative estimate of drug-likeness (QED) is 0.390. The molecule has 1 aromatic carbocycles. The average molecular weight is 380 g/mol. The zero-order chi connectivity index (χ0) is 17.9. The van der Waals surface area contributed by atoms with E-state index in [1.165, 1.54) is 0 Å². The molecule has 0 aliphatic heterocycles. The standard InChI is InChI=1S/C19H16N4OS2/c1-12-16-18(26-17(12)14-5-2-4-13(8-14)10-24)19(21-11-20-16)23-22-9-15-6-3-7-25-15/h2-9,11,24H,10H2,1H3,(H,20,21,23). The Kier molecular flexibility index (Phi) is 4.75. The van der Waals surface area contributed by atoms with E-state index in [0.29, 0.717) is 5.82 Å². The van der Waals surface area contributed by atoms with E-state index >= 15 is 0 Å². The molecule has 3 heterocycles. The van der Waals surface area contributed by atoms with Crippen molar-refractivity contribution in [1.29, 1.82) is 0 Å². The van der Waals surface area contributed by atoms with Crippen molar-refractivity contribution in [3.63, 3.8) is 0 Å². The third kappa shape index (κ3) is 3.24. The number of aryl methyl sites for hydroxylation is 1. The maximum atomic E-state index is 9.39. The van der Waals surface area contributed by atoms with Gasteiger partial charge in [-0.25, -0.2) is 9.97 Å². The highest BCUT2D eigenvalue weighted by Gasteiger charge is 2.15. The van der Waals surface area contributed by atoms with Gasteiger partial charge >= 0.3 is 0 Å². The molecule has 0 spiro atoms. The van der Waals surface area contributed by atoms with Gasteiger partial charge in [-0.05, 0) is 41.1 Å². The number of hydrogen-bond acceptors (Lipinski definition) is 7. The fraction of sp³-hybridized carbons (Fsp3) is 0.105. The number of benzene rings is 1. The van der Waals surface area contributed by atoms with Gasteiger partial charge in [0.15, 0.2) is 5.82 Å². The molecule has 0 saturated carbocycles. The summed E-state index contributed by atoms with van der Waals surface area (Å²) in [5, 5.41) is 15.7. The van der Waals surface area contributed by atoms with Crippen LogP contribution in [0.5, 0.6) is 0 Å². The first-order chi connectivity index (χ1) is 12.8. The van der Waals surface area contributed by atoms with Crippen molar-refractivity contribution in [3.05, 3.63) is 64.1 Å². The Hall–Kier alpha value is -2.61. The number of aliphatic hydroxyl groups is 1. The highest BCUT2D eigenvalue weighted by atomic mass is 32.1. The second kappa shape index (κ2) is 7.33. The van der Waals surface area contributed by atoms with Gasteiger partial charge in [0, 0.05) is 9.75 Å². The van der Waals surface area contributed by atoms with Crippen LogP contribution in [-0.4, -0.2) is 21.3 Å². The van der Waals surface area contributed by atoms with E-state index in [2.05, 4.69) is 27.4 Å². The molecule has 0 fully saturated rings. The monoisotopic (exact) mass is 380 g/mol. The van der Waals surface area contributed by atoms with E-state index in [9.17, 15) is 5.11 Å². The molecule has 3 aromatic heterocycles. The van der Waals surface area contributed by atoms with E-state index < -0.39 is 0 Å². The van der Waals surface area contributed by atoms with E-state index in [0.717, 1.165) is 36.7 Å². The summed E-state index contributed by atoms with van der Waals surface area (Å²) < 4.78 is 0.970. The summed E-state index contributed by atoms with van der Waals surface area (Å²) in [6.45, 7) is 2.09. The zero-order valence-electron chi connectivity index (χ0n) is 14.0. The summed E-state index contributed by atoms with van der Waals surface area (Å²) in [5.41, 5.74) is 7.03. The molecule has 5 nitrogen and oxygen atoms in total. The number of aliphatic hydroxyl groups excluding tert-OH is 1. The van der Waals surface area contributed by atoms with Crippen LogP contribution in [0.1, 0.15) is 16.0 Å². The van der Waals surface area contributed by atoms with Crippen LogP contribution in [0.2, 0.25) is 0 Å². The minimum Gasteiger partial charge on any atom is -0.392 e. The van der Waals surface area contributed by atoms with E-state index in [-0.39, 0.29) is 6.61 Å². The fourth-order valence-corrected chi connectivity index (χ4v) is 4.49.